The second-order valence-electron chi connectivity index (χ2n) is 4.91. The van der Waals surface area contributed by atoms with Crippen molar-refractivity contribution in [3.05, 3.63) is 65.5 Å². The van der Waals surface area contributed by atoms with Gasteiger partial charge >= 0.3 is 6.03 Å². The average molecular weight is 324 g/mol. The highest BCUT2D eigenvalue weighted by molar-refractivity contribution is 5.89. The number of rotatable bonds is 5. The van der Waals surface area contributed by atoms with E-state index in [1.807, 2.05) is 30.3 Å². The van der Waals surface area contributed by atoms with Crippen molar-refractivity contribution in [1.82, 2.24) is 5.32 Å². The number of carbonyl (C=O) groups is 1. The second kappa shape index (κ2) is 7.64. The van der Waals surface area contributed by atoms with E-state index in [4.69, 9.17) is 0 Å². The van der Waals surface area contributed by atoms with Crippen LogP contribution in [0.4, 0.5) is 23.7 Å². The maximum absolute atomic E-state index is 13.5. The van der Waals surface area contributed by atoms with Gasteiger partial charge < -0.3 is 15.7 Å². The fraction of sp³-hybridized carbons (Fsp3) is 0.188. The number of hydrogen-bond acceptors (Lipinski definition) is 2. The van der Waals surface area contributed by atoms with Gasteiger partial charge in [-0.05, 0) is 12.0 Å². The van der Waals surface area contributed by atoms with Crippen LogP contribution in [0.15, 0.2) is 42.5 Å². The molecular formula is C16H15F3N2O2. The van der Waals surface area contributed by atoms with Crippen molar-refractivity contribution in [3.8, 4) is 0 Å². The zero-order chi connectivity index (χ0) is 16.8. The second-order valence-corrected chi connectivity index (χ2v) is 4.91. The van der Waals surface area contributed by atoms with Crippen molar-refractivity contribution >= 4 is 11.7 Å². The zero-order valence-electron chi connectivity index (χ0n) is 12.0. The van der Waals surface area contributed by atoms with Crippen molar-refractivity contribution in [2.24, 2.45) is 0 Å². The van der Waals surface area contributed by atoms with Crippen molar-refractivity contribution in [3.63, 3.8) is 0 Å². The van der Waals surface area contributed by atoms with Crippen LogP contribution < -0.4 is 10.6 Å². The molecule has 122 valence electrons. The Morgan fingerprint density at radius 3 is 2.35 bits per heavy atom. The van der Waals surface area contributed by atoms with Crippen LogP contribution in [0.25, 0.3) is 0 Å². The van der Waals surface area contributed by atoms with Crippen LogP contribution in [0.2, 0.25) is 0 Å². The molecule has 0 radical (unpaired) electrons. The lowest BCUT2D eigenvalue weighted by atomic mass is 10.1. The molecule has 0 aliphatic heterocycles. The van der Waals surface area contributed by atoms with Gasteiger partial charge in [0, 0.05) is 12.1 Å². The number of urea groups is 1. The molecule has 3 N–H and O–H groups in total. The van der Waals surface area contributed by atoms with Gasteiger partial charge in [-0.3, -0.25) is 0 Å². The SMILES string of the molecule is O=C(Nc1cc(F)c(F)cc1F)N[C@@H](CO)Cc1ccccc1. The van der Waals surface area contributed by atoms with E-state index in [1.165, 1.54) is 0 Å². The minimum Gasteiger partial charge on any atom is -0.394 e. The van der Waals surface area contributed by atoms with E-state index in [1.54, 1.807) is 0 Å². The molecule has 2 amide bonds. The summed E-state index contributed by atoms with van der Waals surface area (Å²) in [5.41, 5.74) is 0.406. The summed E-state index contributed by atoms with van der Waals surface area (Å²) >= 11 is 0. The Morgan fingerprint density at radius 2 is 1.70 bits per heavy atom. The third-order valence-electron chi connectivity index (χ3n) is 3.14. The van der Waals surface area contributed by atoms with Gasteiger partial charge in [-0.2, -0.15) is 0 Å². The number of halogens is 3. The predicted octanol–water partition coefficient (Wildman–Crippen LogP) is 2.83. The molecule has 1 atom stereocenters. The van der Waals surface area contributed by atoms with Crippen LogP contribution in [0.1, 0.15) is 5.56 Å². The van der Waals surface area contributed by atoms with Gasteiger partial charge in [0.15, 0.2) is 11.6 Å². The highest BCUT2D eigenvalue weighted by Crippen LogP contribution is 2.18. The molecule has 0 saturated carbocycles. The summed E-state index contributed by atoms with van der Waals surface area (Å²) in [5.74, 6) is -3.71. The normalized spacial score (nSPS) is 11.8. The first-order valence-electron chi connectivity index (χ1n) is 6.86. The van der Waals surface area contributed by atoms with Gasteiger partial charge in [0.2, 0.25) is 0 Å². The van der Waals surface area contributed by atoms with Crippen molar-refractivity contribution in [1.29, 1.82) is 0 Å². The first-order valence-corrected chi connectivity index (χ1v) is 6.86. The zero-order valence-corrected chi connectivity index (χ0v) is 12.0. The number of nitrogens with one attached hydrogen (secondary N) is 2. The van der Waals surface area contributed by atoms with E-state index in [2.05, 4.69) is 10.6 Å². The summed E-state index contributed by atoms with van der Waals surface area (Å²) in [6, 6.07) is 8.60. The number of aliphatic hydroxyl groups is 1. The van der Waals surface area contributed by atoms with Gasteiger partial charge in [-0.1, -0.05) is 30.3 Å². The standard InChI is InChI=1S/C16H15F3N2O2/c17-12-7-14(19)15(8-13(12)18)21-16(23)20-11(9-22)6-10-4-2-1-3-5-10/h1-5,7-8,11,22H,6,9H2,(H2,20,21,23)/t11-/m1/s1. The molecule has 0 unspecified atom stereocenters. The molecule has 4 nitrogen and oxygen atoms in total. The minimum absolute atomic E-state index is 0.331. The number of hydrogen-bond donors (Lipinski definition) is 3. The van der Waals surface area contributed by atoms with E-state index >= 15 is 0 Å². The van der Waals surface area contributed by atoms with Crippen LogP contribution in [0, 0.1) is 17.5 Å². The van der Waals surface area contributed by atoms with Gasteiger partial charge in [-0.25, -0.2) is 18.0 Å². The highest BCUT2D eigenvalue weighted by Gasteiger charge is 2.15. The van der Waals surface area contributed by atoms with Gasteiger partial charge in [0.05, 0.1) is 18.3 Å². The van der Waals surface area contributed by atoms with Crippen LogP contribution in [-0.2, 0) is 6.42 Å². The van der Waals surface area contributed by atoms with Gasteiger partial charge in [-0.15, -0.1) is 0 Å². The minimum atomic E-state index is -1.34. The smallest absolute Gasteiger partial charge is 0.319 e. The predicted molar refractivity (Wildman–Crippen MR) is 79.5 cm³/mol. The molecule has 0 bridgehead atoms. The molecule has 0 heterocycles. The van der Waals surface area contributed by atoms with E-state index in [0.29, 0.717) is 18.6 Å². The lowest BCUT2D eigenvalue weighted by Gasteiger charge is -2.17. The van der Waals surface area contributed by atoms with Gasteiger partial charge in [0.1, 0.15) is 5.82 Å². The Labute approximate surface area is 131 Å². The third-order valence-corrected chi connectivity index (χ3v) is 3.14. The topological polar surface area (TPSA) is 61.4 Å². The fourth-order valence-corrected chi connectivity index (χ4v) is 2.02. The van der Waals surface area contributed by atoms with Crippen molar-refractivity contribution in [2.75, 3.05) is 11.9 Å². The molecule has 0 aliphatic rings. The van der Waals surface area contributed by atoms with Crippen LogP contribution in [0.3, 0.4) is 0 Å². The Morgan fingerprint density at radius 1 is 1.04 bits per heavy atom. The average Bonchev–Trinajstić information content (AvgIpc) is 2.53. The monoisotopic (exact) mass is 324 g/mol. The molecule has 0 fully saturated rings. The molecule has 0 spiro atoms. The van der Waals surface area contributed by atoms with Crippen molar-refractivity contribution < 1.29 is 23.1 Å². The molecule has 0 saturated heterocycles. The van der Waals surface area contributed by atoms with Crippen molar-refractivity contribution in [2.45, 2.75) is 12.5 Å². The molecule has 2 aromatic carbocycles. The summed E-state index contributed by atoms with van der Waals surface area (Å²) in [6.45, 7) is -0.331. The Kier molecular flexibility index (Phi) is 5.59. The van der Waals surface area contributed by atoms with Gasteiger partial charge in [0.25, 0.3) is 0 Å². The molecule has 2 aromatic rings. The van der Waals surface area contributed by atoms with Crippen LogP contribution >= 0.6 is 0 Å². The summed E-state index contributed by atoms with van der Waals surface area (Å²) in [5, 5.41) is 13.8. The summed E-state index contributed by atoms with van der Waals surface area (Å²) in [4.78, 5) is 11.8. The number of carbonyl (C=O) groups excluding carboxylic acids is 1. The highest BCUT2D eigenvalue weighted by atomic mass is 19.2. The molecule has 0 aliphatic carbocycles. The number of amides is 2. The summed E-state index contributed by atoms with van der Waals surface area (Å²) in [6.07, 6.45) is 0.366. The third kappa shape index (κ3) is 4.72. The van der Waals surface area contributed by atoms with Crippen LogP contribution in [-0.4, -0.2) is 23.8 Å². The van der Waals surface area contributed by atoms with E-state index in [9.17, 15) is 23.1 Å². The first-order chi connectivity index (χ1) is 11.0. The summed E-state index contributed by atoms with van der Waals surface area (Å²) in [7, 11) is 0. The number of aliphatic hydroxyl groups excluding tert-OH is 1. The number of benzene rings is 2. The number of anilines is 1. The Balaban J connectivity index is 1.99. The van der Waals surface area contributed by atoms with E-state index in [0.717, 1.165) is 5.56 Å². The molecule has 23 heavy (non-hydrogen) atoms. The summed E-state index contributed by atoms with van der Waals surface area (Å²) < 4.78 is 39.4. The fourth-order valence-electron chi connectivity index (χ4n) is 2.02. The quantitative estimate of drug-likeness (QED) is 0.741. The van der Waals surface area contributed by atoms with E-state index < -0.39 is 35.2 Å². The maximum atomic E-state index is 13.5. The molecule has 0 aromatic heterocycles. The largest absolute Gasteiger partial charge is 0.394 e. The molecular weight excluding hydrogens is 309 g/mol. The maximum Gasteiger partial charge on any atom is 0.319 e. The van der Waals surface area contributed by atoms with E-state index in [-0.39, 0.29) is 6.61 Å². The Hall–Kier alpha value is -2.54. The molecule has 2 rings (SSSR count). The Bertz CT molecular complexity index is 681. The lowest BCUT2D eigenvalue weighted by molar-refractivity contribution is 0.224. The van der Waals surface area contributed by atoms with Crippen LogP contribution in [0.5, 0.6) is 0 Å². The molecule has 7 heteroatoms. The first kappa shape index (κ1) is 16.8. The lowest BCUT2D eigenvalue weighted by Crippen LogP contribution is -2.41.